The molecule has 0 radical (unpaired) electrons. The molecule has 0 fully saturated rings. The standard InChI is InChI=1S/C15H23N3OS/c1-6-8-16-12-11-9-10(3)20-13(11)18-14(17-12)15(4,7-2)19-5/h9H,6-8H2,1-5H3,(H,16,17,18). The number of thiophene rings is 1. The van der Waals surface area contributed by atoms with Gasteiger partial charge in [-0.1, -0.05) is 13.8 Å². The Morgan fingerprint density at radius 3 is 2.70 bits per heavy atom. The van der Waals surface area contributed by atoms with E-state index in [9.17, 15) is 0 Å². The fraction of sp³-hybridized carbons (Fsp3) is 0.600. The van der Waals surface area contributed by atoms with Crippen LogP contribution in [-0.4, -0.2) is 23.6 Å². The molecular formula is C15H23N3OS. The zero-order valence-electron chi connectivity index (χ0n) is 12.9. The summed E-state index contributed by atoms with van der Waals surface area (Å²) in [4.78, 5) is 11.7. The van der Waals surface area contributed by atoms with Gasteiger partial charge in [0.15, 0.2) is 5.82 Å². The largest absolute Gasteiger partial charge is 0.371 e. The van der Waals surface area contributed by atoms with Crippen LogP contribution < -0.4 is 5.32 Å². The second-order valence-electron chi connectivity index (χ2n) is 5.19. The summed E-state index contributed by atoms with van der Waals surface area (Å²) in [7, 11) is 1.72. The van der Waals surface area contributed by atoms with Gasteiger partial charge in [-0.15, -0.1) is 11.3 Å². The number of methoxy groups -OCH3 is 1. The summed E-state index contributed by atoms with van der Waals surface area (Å²) >= 11 is 1.70. The quantitative estimate of drug-likeness (QED) is 0.871. The van der Waals surface area contributed by atoms with Crippen molar-refractivity contribution in [2.24, 2.45) is 0 Å². The van der Waals surface area contributed by atoms with Crippen LogP contribution in [0.1, 0.15) is 44.3 Å². The van der Waals surface area contributed by atoms with Crippen molar-refractivity contribution < 1.29 is 4.74 Å². The lowest BCUT2D eigenvalue weighted by molar-refractivity contribution is -0.00854. The summed E-state index contributed by atoms with van der Waals surface area (Å²) < 4.78 is 5.64. The molecule has 2 rings (SSSR count). The van der Waals surface area contributed by atoms with Gasteiger partial charge in [0.1, 0.15) is 16.2 Å². The van der Waals surface area contributed by atoms with Crippen LogP contribution >= 0.6 is 11.3 Å². The Morgan fingerprint density at radius 1 is 1.35 bits per heavy atom. The molecule has 0 amide bonds. The number of hydrogen-bond donors (Lipinski definition) is 1. The zero-order valence-corrected chi connectivity index (χ0v) is 13.7. The normalized spacial score (nSPS) is 14.4. The highest BCUT2D eigenvalue weighted by molar-refractivity contribution is 7.18. The van der Waals surface area contributed by atoms with Crippen LogP contribution in [0.3, 0.4) is 0 Å². The highest BCUT2D eigenvalue weighted by atomic mass is 32.1. The van der Waals surface area contributed by atoms with Gasteiger partial charge in [0.25, 0.3) is 0 Å². The third-order valence-electron chi connectivity index (χ3n) is 3.66. The predicted molar refractivity (Wildman–Crippen MR) is 85.6 cm³/mol. The Labute approximate surface area is 124 Å². The molecule has 0 bridgehead atoms. The Kier molecular flexibility index (Phi) is 4.60. The van der Waals surface area contributed by atoms with Crippen molar-refractivity contribution in [2.75, 3.05) is 19.0 Å². The Hall–Kier alpha value is -1.20. The number of nitrogens with zero attached hydrogens (tertiary/aromatic N) is 2. The minimum absolute atomic E-state index is 0.436. The summed E-state index contributed by atoms with van der Waals surface area (Å²) in [5, 5.41) is 4.52. The first-order valence-electron chi connectivity index (χ1n) is 7.11. The monoisotopic (exact) mass is 293 g/mol. The number of fused-ring (bicyclic) bond motifs is 1. The number of aryl methyl sites for hydroxylation is 1. The molecule has 0 aromatic carbocycles. The van der Waals surface area contributed by atoms with E-state index in [1.807, 2.05) is 6.92 Å². The fourth-order valence-corrected chi connectivity index (χ4v) is 2.93. The molecule has 4 nitrogen and oxygen atoms in total. The molecular weight excluding hydrogens is 270 g/mol. The molecule has 0 aliphatic carbocycles. The number of rotatable bonds is 6. The third-order valence-corrected chi connectivity index (χ3v) is 4.60. The van der Waals surface area contributed by atoms with Gasteiger partial charge in [-0.25, -0.2) is 9.97 Å². The van der Waals surface area contributed by atoms with Crippen molar-refractivity contribution in [1.82, 2.24) is 9.97 Å². The van der Waals surface area contributed by atoms with Crippen LogP contribution in [0.4, 0.5) is 5.82 Å². The summed E-state index contributed by atoms with van der Waals surface area (Å²) in [6, 6.07) is 2.15. The molecule has 20 heavy (non-hydrogen) atoms. The Bertz CT molecular complexity index is 590. The second kappa shape index (κ2) is 6.06. The molecule has 0 saturated carbocycles. The lowest BCUT2D eigenvalue weighted by atomic mass is 10.0. The Balaban J connectivity index is 2.56. The molecule has 1 atom stereocenters. The molecule has 0 saturated heterocycles. The molecule has 2 heterocycles. The molecule has 2 aromatic heterocycles. The fourth-order valence-electron chi connectivity index (χ4n) is 2.05. The molecule has 0 spiro atoms. The van der Waals surface area contributed by atoms with Gasteiger partial charge in [-0.3, -0.25) is 0 Å². The maximum absolute atomic E-state index is 5.64. The van der Waals surface area contributed by atoms with Crippen LogP contribution in [0.15, 0.2) is 6.07 Å². The summed E-state index contributed by atoms with van der Waals surface area (Å²) in [5.41, 5.74) is -0.436. The highest BCUT2D eigenvalue weighted by Crippen LogP contribution is 2.33. The molecule has 0 aliphatic heterocycles. The van der Waals surface area contributed by atoms with Crippen LogP contribution in [0, 0.1) is 6.92 Å². The van der Waals surface area contributed by atoms with E-state index < -0.39 is 5.60 Å². The topological polar surface area (TPSA) is 47.0 Å². The lowest BCUT2D eigenvalue weighted by Crippen LogP contribution is -2.26. The van der Waals surface area contributed by atoms with Crippen molar-refractivity contribution in [3.8, 4) is 0 Å². The van der Waals surface area contributed by atoms with E-state index in [0.717, 1.165) is 41.2 Å². The SMILES string of the molecule is CCCNc1nc(C(C)(CC)OC)nc2sc(C)cc12. The highest BCUT2D eigenvalue weighted by Gasteiger charge is 2.29. The van der Waals surface area contributed by atoms with Crippen molar-refractivity contribution in [2.45, 2.75) is 46.1 Å². The predicted octanol–water partition coefficient (Wildman–Crippen LogP) is 4.09. The van der Waals surface area contributed by atoms with Gasteiger partial charge in [-0.2, -0.15) is 0 Å². The van der Waals surface area contributed by atoms with E-state index in [2.05, 4.69) is 32.2 Å². The van der Waals surface area contributed by atoms with Gasteiger partial charge < -0.3 is 10.1 Å². The van der Waals surface area contributed by atoms with E-state index in [1.165, 1.54) is 4.88 Å². The Morgan fingerprint density at radius 2 is 2.10 bits per heavy atom. The van der Waals surface area contributed by atoms with Crippen LogP contribution in [0.5, 0.6) is 0 Å². The molecule has 1 N–H and O–H groups in total. The average molecular weight is 293 g/mol. The smallest absolute Gasteiger partial charge is 0.163 e. The van der Waals surface area contributed by atoms with E-state index in [1.54, 1.807) is 18.4 Å². The molecule has 2 aromatic rings. The van der Waals surface area contributed by atoms with Crippen LogP contribution in [0.2, 0.25) is 0 Å². The first kappa shape index (κ1) is 15.2. The summed E-state index contributed by atoms with van der Waals surface area (Å²) in [5.74, 6) is 1.68. The number of aromatic nitrogens is 2. The van der Waals surface area contributed by atoms with Gasteiger partial charge in [0, 0.05) is 18.5 Å². The average Bonchev–Trinajstić information content (AvgIpc) is 2.84. The summed E-state index contributed by atoms with van der Waals surface area (Å²) in [6.07, 6.45) is 1.91. The van der Waals surface area contributed by atoms with Crippen LogP contribution in [-0.2, 0) is 10.3 Å². The molecule has 5 heteroatoms. The molecule has 1 unspecified atom stereocenters. The maximum atomic E-state index is 5.64. The third kappa shape index (κ3) is 2.79. The van der Waals surface area contributed by atoms with E-state index in [-0.39, 0.29) is 0 Å². The van der Waals surface area contributed by atoms with Gasteiger partial charge in [-0.05, 0) is 32.8 Å². The van der Waals surface area contributed by atoms with Crippen molar-refractivity contribution in [3.63, 3.8) is 0 Å². The van der Waals surface area contributed by atoms with E-state index in [4.69, 9.17) is 14.7 Å². The molecule has 110 valence electrons. The van der Waals surface area contributed by atoms with Crippen molar-refractivity contribution in [1.29, 1.82) is 0 Å². The second-order valence-corrected chi connectivity index (χ2v) is 6.42. The minimum Gasteiger partial charge on any atom is -0.371 e. The number of nitrogens with one attached hydrogen (secondary N) is 1. The van der Waals surface area contributed by atoms with Gasteiger partial charge in [0.2, 0.25) is 0 Å². The van der Waals surface area contributed by atoms with E-state index in [0.29, 0.717) is 0 Å². The maximum Gasteiger partial charge on any atom is 0.163 e. The first-order valence-corrected chi connectivity index (χ1v) is 7.93. The summed E-state index contributed by atoms with van der Waals surface area (Å²) in [6.45, 7) is 9.30. The lowest BCUT2D eigenvalue weighted by Gasteiger charge is -2.25. The van der Waals surface area contributed by atoms with Crippen molar-refractivity contribution >= 4 is 27.4 Å². The number of ether oxygens (including phenoxy) is 1. The first-order chi connectivity index (χ1) is 9.54. The van der Waals surface area contributed by atoms with E-state index >= 15 is 0 Å². The zero-order chi connectivity index (χ0) is 14.8. The van der Waals surface area contributed by atoms with Crippen molar-refractivity contribution in [3.05, 3.63) is 16.8 Å². The van der Waals surface area contributed by atoms with Gasteiger partial charge >= 0.3 is 0 Å². The number of hydrogen-bond acceptors (Lipinski definition) is 5. The molecule has 0 aliphatic rings. The van der Waals surface area contributed by atoms with Crippen LogP contribution in [0.25, 0.3) is 10.2 Å². The number of anilines is 1. The minimum atomic E-state index is -0.436. The van der Waals surface area contributed by atoms with Gasteiger partial charge in [0.05, 0.1) is 5.39 Å².